The average Bonchev–Trinajstić information content (AvgIpc) is 2.36. The van der Waals surface area contributed by atoms with Crippen molar-refractivity contribution in [3.63, 3.8) is 0 Å². The highest BCUT2D eigenvalue weighted by atomic mass is 16.2. The lowest BCUT2D eigenvalue weighted by Crippen LogP contribution is -2.37. The van der Waals surface area contributed by atoms with Crippen molar-refractivity contribution in [2.75, 3.05) is 24.5 Å². The van der Waals surface area contributed by atoms with E-state index in [4.69, 9.17) is 5.73 Å². The van der Waals surface area contributed by atoms with Gasteiger partial charge < -0.3 is 16.0 Å². The van der Waals surface area contributed by atoms with Crippen molar-refractivity contribution in [2.45, 2.75) is 27.3 Å². The van der Waals surface area contributed by atoms with E-state index < -0.39 is 0 Å². The van der Waals surface area contributed by atoms with Gasteiger partial charge in [-0.25, -0.2) is 4.98 Å². The molecule has 0 spiro atoms. The van der Waals surface area contributed by atoms with Gasteiger partial charge in [-0.2, -0.15) is 0 Å². The van der Waals surface area contributed by atoms with Crippen LogP contribution in [0.15, 0.2) is 12.3 Å². The van der Waals surface area contributed by atoms with Crippen molar-refractivity contribution in [1.82, 2.24) is 10.3 Å². The van der Waals surface area contributed by atoms with E-state index in [9.17, 15) is 4.79 Å². The summed E-state index contributed by atoms with van der Waals surface area (Å²) in [5.41, 5.74) is 7.63. The molecule has 0 aromatic carbocycles. The first-order chi connectivity index (χ1) is 8.62. The molecule has 0 fully saturated rings. The van der Waals surface area contributed by atoms with Gasteiger partial charge in [0.15, 0.2) is 0 Å². The number of nitrogens with zero attached hydrogens (tertiary/aromatic N) is 2. The van der Waals surface area contributed by atoms with E-state index in [1.54, 1.807) is 6.20 Å². The predicted octanol–water partition coefficient (Wildman–Crippen LogP) is 0.811. The number of amides is 1. The van der Waals surface area contributed by atoms with E-state index >= 15 is 0 Å². The maximum absolute atomic E-state index is 11.6. The summed E-state index contributed by atoms with van der Waals surface area (Å²) in [5, 5.41) is 2.79. The third kappa shape index (κ3) is 3.70. The first kappa shape index (κ1) is 14.4. The lowest BCUT2D eigenvalue weighted by Gasteiger charge is -2.23. The molecule has 0 saturated heterocycles. The summed E-state index contributed by atoms with van der Waals surface area (Å²) in [6.07, 6.45) is 1.77. The van der Waals surface area contributed by atoms with Crippen molar-refractivity contribution in [3.05, 3.63) is 23.4 Å². The number of aromatic nitrogens is 1. The topological polar surface area (TPSA) is 71.2 Å². The van der Waals surface area contributed by atoms with Gasteiger partial charge in [0, 0.05) is 25.8 Å². The molecular weight excluding hydrogens is 228 g/mol. The molecule has 0 bridgehead atoms. The first-order valence-corrected chi connectivity index (χ1v) is 6.29. The molecular formula is C13H22N4O. The molecule has 100 valence electrons. The van der Waals surface area contributed by atoms with E-state index in [0.29, 0.717) is 19.6 Å². The second-order valence-corrected chi connectivity index (χ2v) is 4.16. The van der Waals surface area contributed by atoms with E-state index in [2.05, 4.69) is 10.3 Å². The van der Waals surface area contributed by atoms with Crippen LogP contribution in [0.5, 0.6) is 0 Å². The summed E-state index contributed by atoms with van der Waals surface area (Å²) >= 11 is 0. The molecule has 1 rings (SSSR count). The molecule has 0 unspecified atom stereocenters. The molecule has 18 heavy (non-hydrogen) atoms. The molecule has 0 radical (unpaired) electrons. The van der Waals surface area contributed by atoms with Gasteiger partial charge in [0.05, 0.1) is 6.54 Å². The summed E-state index contributed by atoms with van der Waals surface area (Å²) in [6.45, 7) is 8.12. The second-order valence-electron chi connectivity index (χ2n) is 4.16. The van der Waals surface area contributed by atoms with Crippen LogP contribution in [0.1, 0.15) is 25.0 Å². The molecule has 0 aliphatic heterocycles. The summed E-state index contributed by atoms with van der Waals surface area (Å²) in [7, 11) is 0. The molecule has 5 nitrogen and oxygen atoms in total. The summed E-state index contributed by atoms with van der Waals surface area (Å²) in [4.78, 5) is 18.0. The van der Waals surface area contributed by atoms with Gasteiger partial charge in [-0.3, -0.25) is 4.79 Å². The molecule has 0 aliphatic rings. The Bertz CT molecular complexity index is 406. The Labute approximate surface area is 108 Å². The standard InChI is InChI=1S/C13H22N4O/c1-4-15-12(18)9-17(5-2)13-10(3)6-11(7-14)8-16-13/h6,8H,4-5,7,9,14H2,1-3H3,(H,15,18). The number of anilines is 1. The molecule has 1 amide bonds. The lowest BCUT2D eigenvalue weighted by atomic mass is 10.2. The quantitative estimate of drug-likeness (QED) is 0.784. The van der Waals surface area contributed by atoms with E-state index in [1.807, 2.05) is 31.7 Å². The third-order valence-electron chi connectivity index (χ3n) is 2.73. The highest BCUT2D eigenvalue weighted by molar-refractivity contribution is 5.81. The predicted molar refractivity (Wildman–Crippen MR) is 73.4 cm³/mol. The highest BCUT2D eigenvalue weighted by Crippen LogP contribution is 2.17. The molecule has 1 aromatic heterocycles. The van der Waals surface area contributed by atoms with Crippen molar-refractivity contribution < 1.29 is 4.79 Å². The summed E-state index contributed by atoms with van der Waals surface area (Å²) in [5.74, 6) is 0.865. The van der Waals surface area contributed by atoms with Crippen LogP contribution >= 0.6 is 0 Å². The number of nitrogens with two attached hydrogens (primary N) is 1. The number of carbonyl (C=O) groups excluding carboxylic acids is 1. The van der Waals surface area contributed by atoms with E-state index in [-0.39, 0.29) is 5.91 Å². The van der Waals surface area contributed by atoms with Gasteiger partial charge in [-0.15, -0.1) is 0 Å². The zero-order valence-corrected chi connectivity index (χ0v) is 11.4. The van der Waals surface area contributed by atoms with Gasteiger partial charge >= 0.3 is 0 Å². The molecule has 1 aromatic rings. The monoisotopic (exact) mass is 250 g/mol. The maximum Gasteiger partial charge on any atom is 0.239 e. The number of rotatable bonds is 6. The van der Waals surface area contributed by atoms with Crippen LogP contribution in [-0.2, 0) is 11.3 Å². The first-order valence-electron chi connectivity index (χ1n) is 6.29. The number of nitrogens with one attached hydrogen (secondary N) is 1. The van der Waals surface area contributed by atoms with E-state index in [1.165, 1.54) is 0 Å². The van der Waals surface area contributed by atoms with E-state index in [0.717, 1.165) is 23.5 Å². The zero-order chi connectivity index (χ0) is 13.5. The maximum atomic E-state index is 11.6. The molecule has 5 heteroatoms. The molecule has 3 N–H and O–H groups in total. The van der Waals surface area contributed by atoms with Gasteiger partial charge in [0.2, 0.25) is 5.91 Å². The zero-order valence-electron chi connectivity index (χ0n) is 11.4. The minimum Gasteiger partial charge on any atom is -0.355 e. The minimum atomic E-state index is 0.0171. The Morgan fingerprint density at radius 3 is 2.72 bits per heavy atom. The average molecular weight is 250 g/mol. The van der Waals surface area contributed by atoms with Crippen molar-refractivity contribution in [3.8, 4) is 0 Å². The van der Waals surface area contributed by atoms with Crippen LogP contribution in [-0.4, -0.2) is 30.5 Å². The number of pyridine rings is 1. The van der Waals surface area contributed by atoms with Crippen molar-refractivity contribution >= 4 is 11.7 Å². The minimum absolute atomic E-state index is 0.0171. The Morgan fingerprint density at radius 1 is 1.50 bits per heavy atom. The van der Waals surface area contributed by atoms with Gasteiger partial charge in [0.1, 0.15) is 5.82 Å². The van der Waals surface area contributed by atoms with Crippen LogP contribution in [0.4, 0.5) is 5.82 Å². The van der Waals surface area contributed by atoms with Gasteiger partial charge in [0.25, 0.3) is 0 Å². The fourth-order valence-corrected chi connectivity index (χ4v) is 1.83. The van der Waals surface area contributed by atoms with Crippen LogP contribution in [0.25, 0.3) is 0 Å². The number of hydrogen-bond acceptors (Lipinski definition) is 4. The Morgan fingerprint density at radius 2 is 2.22 bits per heavy atom. The normalized spacial score (nSPS) is 10.2. The number of likely N-dealkylation sites (N-methyl/N-ethyl adjacent to an activating group) is 2. The summed E-state index contributed by atoms with van der Waals surface area (Å²) < 4.78 is 0. The van der Waals surface area contributed by atoms with Gasteiger partial charge in [-0.05, 0) is 38.0 Å². The molecule has 1 heterocycles. The van der Waals surface area contributed by atoms with Crippen molar-refractivity contribution in [2.24, 2.45) is 5.73 Å². The molecule has 0 saturated carbocycles. The number of aryl methyl sites for hydroxylation is 1. The fourth-order valence-electron chi connectivity index (χ4n) is 1.83. The summed E-state index contributed by atoms with van der Waals surface area (Å²) in [6, 6.07) is 2.02. The van der Waals surface area contributed by atoms with Crippen LogP contribution in [0, 0.1) is 6.92 Å². The van der Waals surface area contributed by atoms with Crippen LogP contribution in [0.3, 0.4) is 0 Å². The lowest BCUT2D eigenvalue weighted by molar-refractivity contribution is -0.119. The smallest absolute Gasteiger partial charge is 0.239 e. The van der Waals surface area contributed by atoms with Gasteiger partial charge in [-0.1, -0.05) is 0 Å². The van der Waals surface area contributed by atoms with Crippen molar-refractivity contribution in [1.29, 1.82) is 0 Å². The Balaban J connectivity index is 2.85. The Hall–Kier alpha value is -1.62. The number of hydrogen-bond donors (Lipinski definition) is 2. The highest BCUT2D eigenvalue weighted by Gasteiger charge is 2.12. The Kier molecular flexibility index (Phi) is 5.58. The number of carbonyl (C=O) groups is 1. The second kappa shape index (κ2) is 6.96. The van der Waals surface area contributed by atoms with Crippen LogP contribution < -0.4 is 16.0 Å². The SMILES string of the molecule is CCNC(=O)CN(CC)c1ncc(CN)cc1C. The van der Waals surface area contributed by atoms with Crippen LogP contribution in [0.2, 0.25) is 0 Å². The fraction of sp³-hybridized carbons (Fsp3) is 0.538. The molecule has 0 atom stereocenters. The third-order valence-corrected chi connectivity index (χ3v) is 2.73. The largest absolute Gasteiger partial charge is 0.355 e. The molecule has 0 aliphatic carbocycles.